The summed E-state index contributed by atoms with van der Waals surface area (Å²) in [4.78, 5) is 45.0. The molecule has 1 unspecified atom stereocenters. The molecule has 9 nitrogen and oxygen atoms in total. The zero-order valence-corrected chi connectivity index (χ0v) is 21.4. The topological polar surface area (TPSA) is 120 Å². The van der Waals surface area contributed by atoms with E-state index < -0.39 is 12.0 Å². The first kappa shape index (κ1) is 25.6. The molecule has 1 aromatic carbocycles. The Hall–Kier alpha value is -3.46. The lowest BCUT2D eigenvalue weighted by Gasteiger charge is -2.17. The molecule has 36 heavy (non-hydrogen) atoms. The number of carboxylic acid groups (broad SMARTS) is 1. The van der Waals surface area contributed by atoms with Gasteiger partial charge in [0.2, 0.25) is 5.91 Å². The largest absolute Gasteiger partial charge is 0.480 e. The normalized spacial score (nSPS) is 16.7. The first-order chi connectivity index (χ1) is 17.1. The van der Waals surface area contributed by atoms with Crippen molar-refractivity contribution in [1.82, 2.24) is 24.8 Å². The maximum absolute atomic E-state index is 12.0. The summed E-state index contributed by atoms with van der Waals surface area (Å²) < 4.78 is 2.17. The lowest BCUT2D eigenvalue weighted by atomic mass is 10.0. The van der Waals surface area contributed by atoms with E-state index in [4.69, 9.17) is 4.98 Å². The van der Waals surface area contributed by atoms with Crippen molar-refractivity contribution in [3.05, 3.63) is 51.9 Å². The average Bonchev–Trinajstić information content (AvgIpc) is 3.43. The number of rotatable bonds is 9. The van der Waals surface area contributed by atoms with E-state index in [0.29, 0.717) is 37.5 Å². The van der Waals surface area contributed by atoms with Crippen molar-refractivity contribution in [2.24, 2.45) is 11.8 Å². The van der Waals surface area contributed by atoms with Gasteiger partial charge in [-0.15, -0.1) is 0 Å². The van der Waals surface area contributed by atoms with Crippen molar-refractivity contribution < 1.29 is 14.7 Å². The molecular weight excluding hydrogens is 458 g/mol. The van der Waals surface area contributed by atoms with Gasteiger partial charge in [0.05, 0.1) is 11.0 Å². The van der Waals surface area contributed by atoms with Gasteiger partial charge in [0.1, 0.15) is 11.9 Å². The number of nitrogens with one attached hydrogen (secondary N) is 2. The Morgan fingerprint density at radius 1 is 1.28 bits per heavy atom. The van der Waals surface area contributed by atoms with Crippen LogP contribution in [0.4, 0.5) is 0 Å². The van der Waals surface area contributed by atoms with E-state index in [1.165, 1.54) is 0 Å². The fraction of sp³-hybridized carbons (Fsp3) is 0.481. The Morgan fingerprint density at radius 3 is 2.69 bits per heavy atom. The number of aryl methyl sites for hydroxylation is 1. The molecule has 3 aromatic rings. The minimum absolute atomic E-state index is 0.0961. The Kier molecular flexibility index (Phi) is 7.59. The molecule has 3 N–H and O–H groups in total. The summed E-state index contributed by atoms with van der Waals surface area (Å²) in [6.45, 7) is 10.0. The highest BCUT2D eigenvalue weighted by Gasteiger charge is 2.26. The summed E-state index contributed by atoms with van der Waals surface area (Å²) in [5.41, 5.74) is 4.05. The molecule has 192 valence electrons. The predicted molar refractivity (Wildman–Crippen MR) is 139 cm³/mol. The minimum Gasteiger partial charge on any atom is -0.480 e. The Bertz CT molecular complexity index is 1330. The van der Waals surface area contributed by atoms with Gasteiger partial charge in [-0.25, -0.2) is 4.98 Å². The molecule has 0 saturated carbocycles. The van der Waals surface area contributed by atoms with Crippen molar-refractivity contribution in [2.45, 2.75) is 59.7 Å². The highest BCUT2D eigenvalue weighted by molar-refractivity contribution is 5.81. The van der Waals surface area contributed by atoms with Crippen molar-refractivity contribution in [3.8, 4) is 11.4 Å². The number of aromatic amines is 1. The molecule has 0 radical (unpaired) electrons. The van der Waals surface area contributed by atoms with Crippen molar-refractivity contribution in [1.29, 1.82) is 0 Å². The van der Waals surface area contributed by atoms with Crippen molar-refractivity contribution in [3.63, 3.8) is 0 Å². The summed E-state index contributed by atoms with van der Waals surface area (Å²) >= 11 is 0. The predicted octanol–water partition coefficient (Wildman–Crippen LogP) is 3.16. The molecule has 2 atom stereocenters. The first-order valence-electron chi connectivity index (χ1n) is 12.5. The first-order valence-corrected chi connectivity index (χ1v) is 12.5. The Labute approximate surface area is 210 Å². The molecule has 1 amide bonds. The van der Waals surface area contributed by atoms with Gasteiger partial charge in [-0.3, -0.25) is 14.4 Å². The summed E-state index contributed by atoms with van der Waals surface area (Å²) in [5.74, 6) is 0.593. The van der Waals surface area contributed by atoms with E-state index in [1.807, 2.05) is 43.0 Å². The molecule has 4 rings (SSSR count). The minimum atomic E-state index is -0.846. The number of nitrogens with zero attached hydrogens (tertiary/aromatic N) is 3. The Morgan fingerprint density at radius 2 is 2.06 bits per heavy atom. The molecule has 1 aliphatic rings. The van der Waals surface area contributed by atoms with Crippen molar-refractivity contribution >= 4 is 22.9 Å². The van der Waals surface area contributed by atoms with Gasteiger partial charge in [0, 0.05) is 50.4 Å². The van der Waals surface area contributed by atoms with Gasteiger partial charge < -0.3 is 24.9 Å². The second-order valence-corrected chi connectivity index (χ2v) is 10.3. The summed E-state index contributed by atoms with van der Waals surface area (Å²) in [6, 6.07) is 7.26. The maximum atomic E-state index is 12.0. The summed E-state index contributed by atoms with van der Waals surface area (Å²) in [5, 5.41) is 12.7. The highest BCUT2D eigenvalue weighted by atomic mass is 16.4. The number of H-pyrrole nitrogens is 1. The second kappa shape index (κ2) is 10.7. The molecule has 9 heteroatoms. The zero-order chi connectivity index (χ0) is 26.0. The number of carbonyl (C=O) groups excluding carboxylic acids is 1. The Balaban J connectivity index is 1.66. The van der Waals surface area contributed by atoms with Crippen LogP contribution in [0.25, 0.3) is 22.4 Å². The number of imidazole rings is 1. The molecule has 1 saturated heterocycles. The highest BCUT2D eigenvalue weighted by Crippen LogP contribution is 2.29. The fourth-order valence-electron chi connectivity index (χ4n) is 4.93. The lowest BCUT2D eigenvalue weighted by Crippen LogP contribution is -2.37. The van der Waals surface area contributed by atoms with Crippen LogP contribution in [0.3, 0.4) is 0 Å². The van der Waals surface area contributed by atoms with Crippen LogP contribution in [0.15, 0.2) is 35.3 Å². The smallest absolute Gasteiger partial charge is 0.320 e. The number of amides is 1. The van der Waals surface area contributed by atoms with E-state index in [1.54, 1.807) is 20.0 Å². The standard InChI is InChI=1S/C27H35N5O4/c1-16(2)9-23(27(35)36)28-12-19-5-6-24-22(11-19)30-25(21-10-17(3)26(34)29-13-21)32(24)15-20-7-8-31(14-20)18(4)33/h5-6,10-11,13,16,20,23,28H,7-9,12,14-15H2,1-4H3,(H,29,34)(H,35,36)/t20?,23-/m0/s1. The number of aromatic nitrogens is 3. The van der Waals surface area contributed by atoms with E-state index in [0.717, 1.165) is 41.0 Å². The van der Waals surface area contributed by atoms with Crippen LogP contribution in [0.5, 0.6) is 0 Å². The number of hydrogen-bond acceptors (Lipinski definition) is 5. The quantitative estimate of drug-likeness (QED) is 0.421. The van der Waals surface area contributed by atoms with Crippen LogP contribution in [-0.2, 0) is 22.7 Å². The third kappa shape index (κ3) is 5.67. The van der Waals surface area contributed by atoms with E-state index in [-0.39, 0.29) is 17.4 Å². The molecule has 0 bridgehead atoms. The number of carbonyl (C=O) groups is 2. The van der Waals surface area contributed by atoms with Gasteiger partial charge in [0.25, 0.3) is 5.56 Å². The molecule has 0 aliphatic carbocycles. The third-order valence-electron chi connectivity index (χ3n) is 6.89. The number of fused-ring (bicyclic) bond motifs is 1. The average molecular weight is 494 g/mol. The van der Waals surface area contributed by atoms with Gasteiger partial charge in [-0.1, -0.05) is 19.9 Å². The third-order valence-corrected chi connectivity index (χ3v) is 6.89. The van der Waals surface area contributed by atoms with E-state index >= 15 is 0 Å². The fourth-order valence-corrected chi connectivity index (χ4v) is 4.93. The molecule has 1 aliphatic heterocycles. The van der Waals surface area contributed by atoms with Crippen molar-refractivity contribution in [2.75, 3.05) is 13.1 Å². The van der Waals surface area contributed by atoms with E-state index in [2.05, 4.69) is 14.9 Å². The van der Waals surface area contributed by atoms with Crippen LogP contribution in [0.1, 0.15) is 44.7 Å². The second-order valence-electron chi connectivity index (χ2n) is 10.3. The molecule has 3 heterocycles. The number of pyridine rings is 1. The summed E-state index contributed by atoms with van der Waals surface area (Å²) in [6.07, 6.45) is 3.17. The van der Waals surface area contributed by atoms with Crippen LogP contribution in [-0.4, -0.2) is 55.5 Å². The number of hydrogen-bond donors (Lipinski definition) is 3. The van der Waals surface area contributed by atoms with Gasteiger partial charge in [0.15, 0.2) is 0 Å². The lowest BCUT2D eigenvalue weighted by molar-refractivity contribution is -0.140. The van der Waals surface area contributed by atoms with E-state index in [9.17, 15) is 19.5 Å². The number of aliphatic carboxylic acids is 1. The van der Waals surface area contributed by atoms with Crippen LogP contribution in [0.2, 0.25) is 0 Å². The number of carboxylic acids is 1. The number of likely N-dealkylation sites (tertiary alicyclic amines) is 1. The molecular formula is C27H35N5O4. The van der Waals surface area contributed by atoms with Crippen LogP contribution in [0, 0.1) is 18.8 Å². The van der Waals surface area contributed by atoms with Crippen LogP contribution < -0.4 is 10.9 Å². The van der Waals surface area contributed by atoms with Gasteiger partial charge in [-0.05, 0) is 55.4 Å². The molecule has 2 aromatic heterocycles. The summed E-state index contributed by atoms with van der Waals surface area (Å²) in [7, 11) is 0. The van der Waals surface area contributed by atoms with Gasteiger partial charge in [-0.2, -0.15) is 0 Å². The molecule has 1 fully saturated rings. The monoisotopic (exact) mass is 493 g/mol. The SMILES string of the molecule is CC(=O)N1CCC(Cn2c(-c3c[nH]c(=O)c(C)c3)nc3cc(CN[C@@H](CC(C)C)C(=O)O)ccc32)C1. The van der Waals surface area contributed by atoms with Gasteiger partial charge >= 0.3 is 5.97 Å². The molecule has 0 spiro atoms. The number of benzene rings is 1. The maximum Gasteiger partial charge on any atom is 0.320 e. The van der Waals surface area contributed by atoms with Crippen LogP contribution >= 0.6 is 0 Å². The zero-order valence-electron chi connectivity index (χ0n) is 21.4.